The van der Waals surface area contributed by atoms with E-state index in [1.54, 1.807) is 54.6 Å². The molecule has 1 unspecified atom stereocenters. The third-order valence-corrected chi connectivity index (χ3v) is 7.28. The molecule has 0 radical (unpaired) electrons. The predicted octanol–water partition coefficient (Wildman–Crippen LogP) is 3.96. The standard InChI is InChI=1S/C24H23ClN2O4S/c1-17-7-12-22-21(15-17)27(32(29,30)20-5-3-2-4-6-20)16-23(31-22)24(28)26-14-13-18-8-10-19(25)11-9-18/h2-12,15,23H,13-14,16H2,1H3,(H,26,28). The molecule has 0 bridgehead atoms. The molecule has 0 fully saturated rings. The van der Waals surface area contributed by atoms with Gasteiger partial charge >= 0.3 is 0 Å². The SMILES string of the molecule is Cc1ccc2c(c1)N(S(=O)(=O)c1ccccc1)CC(C(=O)NCCc1ccc(Cl)cc1)O2. The van der Waals surface area contributed by atoms with Crippen LogP contribution in [0.15, 0.2) is 77.7 Å². The second-order valence-electron chi connectivity index (χ2n) is 7.59. The molecule has 0 aliphatic carbocycles. The van der Waals surface area contributed by atoms with Crippen molar-refractivity contribution >= 4 is 33.2 Å². The molecule has 1 aliphatic rings. The van der Waals surface area contributed by atoms with E-state index in [0.29, 0.717) is 29.4 Å². The van der Waals surface area contributed by atoms with Crippen LogP contribution in [0.4, 0.5) is 5.69 Å². The van der Waals surface area contributed by atoms with E-state index >= 15 is 0 Å². The summed E-state index contributed by atoms with van der Waals surface area (Å²) in [6.07, 6.45) is -0.342. The summed E-state index contributed by atoms with van der Waals surface area (Å²) >= 11 is 5.90. The molecule has 32 heavy (non-hydrogen) atoms. The van der Waals surface area contributed by atoms with Crippen molar-refractivity contribution in [1.82, 2.24) is 5.32 Å². The van der Waals surface area contributed by atoms with Gasteiger partial charge in [-0.1, -0.05) is 48.0 Å². The van der Waals surface area contributed by atoms with Crippen LogP contribution < -0.4 is 14.4 Å². The molecule has 6 nitrogen and oxygen atoms in total. The van der Waals surface area contributed by atoms with Gasteiger partial charge in [-0.05, 0) is 60.9 Å². The maximum Gasteiger partial charge on any atom is 0.264 e. The minimum Gasteiger partial charge on any atom is -0.476 e. The zero-order chi connectivity index (χ0) is 22.7. The summed E-state index contributed by atoms with van der Waals surface area (Å²) in [5.41, 5.74) is 2.36. The molecule has 4 rings (SSSR count). The summed E-state index contributed by atoms with van der Waals surface area (Å²) in [4.78, 5) is 13.0. The zero-order valence-electron chi connectivity index (χ0n) is 17.5. The lowest BCUT2D eigenvalue weighted by Gasteiger charge is -2.35. The lowest BCUT2D eigenvalue weighted by atomic mass is 10.1. The third kappa shape index (κ3) is 4.74. The second kappa shape index (κ2) is 9.22. The molecular weight excluding hydrogens is 448 g/mol. The molecule has 1 amide bonds. The van der Waals surface area contributed by atoms with Crippen molar-refractivity contribution in [2.24, 2.45) is 0 Å². The van der Waals surface area contributed by atoms with Gasteiger partial charge in [-0.2, -0.15) is 0 Å². The number of nitrogens with zero attached hydrogens (tertiary/aromatic N) is 1. The van der Waals surface area contributed by atoms with Gasteiger partial charge in [0.1, 0.15) is 5.75 Å². The average molecular weight is 471 g/mol. The number of benzene rings is 3. The van der Waals surface area contributed by atoms with Gasteiger partial charge in [-0.3, -0.25) is 9.10 Å². The van der Waals surface area contributed by atoms with Crippen LogP contribution >= 0.6 is 11.6 Å². The van der Waals surface area contributed by atoms with Gasteiger partial charge in [0.15, 0.2) is 6.10 Å². The van der Waals surface area contributed by atoms with Crippen LogP contribution in [0.25, 0.3) is 0 Å². The van der Waals surface area contributed by atoms with Gasteiger partial charge < -0.3 is 10.1 Å². The van der Waals surface area contributed by atoms with E-state index in [1.165, 1.54) is 4.31 Å². The normalized spacial score (nSPS) is 15.6. The van der Waals surface area contributed by atoms with Gasteiger partial charge in [-0.15, -0.1) is 0 Å². The van der Waals surface area contributed by atoms with E-state index in [1.807, 2.05) is 25.1 Å². The van der Waals surface area contributed by atoms with Crippen molar-refractivity contribution in [2.45, 2.75) is 24.3 Å². The largest absolute Gasteiger partial charge is 0.476 e. The van der Waals surface area contributed by atoms with Gasteiger partial charge in [0.05, 0.1) is 17.1 Å². The number of nitrogens with one attached hydrogen (secondary N) is 1. The highest BCUT2D eigenvalue weighted by Gasteiger charge is 2.37. The highest BCUT2D eigenvalue weighted by molar-refractivity contribution is 7.92. The van der Waals surface area contributed by atoms with Gasteiger partial charge in [-0.25, -0.2) is 8.42 Å². The van der Waals surface area contributed by atoms with Gasteiger partial charge in [0, 0.05) is 11.6 Å². The van der Waals surface area contributed by atoms with Crippen LogP contribution in [0, 0.1) is 6.92 Å². The maximum atomic E-state index is 13.4. The average Bonchev–Trinajstić information content (AvgIpc) is 2.80. The third-order valence-electron chi connectivity index (χ3n) is 5.23. The number of fused-ring (bicyclic) bond motifs is 1. The molecule has 1 aliphatic heterocycles. The molecule has 0 spiro atoms. The number of aryl methyl sites for hydroxylation is 1. The first-order chi connectivity index (χ1) is 15.3. The van der Waals surface area contributed by atoms with Crippen LogP contribution in [0.3, 0.4) is 0 Å². The summed E-state index contributed by atoms with van der Waals surface area (Å²) in [6, 6.07) is 20.9. The molecule has 0 aromatic heterocycles. The molecule has 1 heterocycles. The minimum absolute atomic E-state index is 0.111. The van der Waals surface area contributed by atoms with Crippen LogP contribution in [0.1, 0.15) is 11.1 Å². The number of sulfonamides is 1. The van der Waals surface area contributed by atoms with Crippen LogP contribution in [0.2, 0.25) is 5.02 Å². The second-order valence-corrected chi connectivity index (χ2v) is 9.89. The van der Waals surface area contributed by atoms with E-state index in [0.717, 1.165) is 11.1 Å². The zero-order valence-corrected chi connectivity index (χ0v) is 19.1. The van der Waals surface area contributed by atoms with Crippen LogP contribution in [-0.2, 0) is 21.2 Å². The number of halogens is 1. The smallest absolute Gasteiger partial charge is 0.264 e. The summed E-state index contributed by atoms with van der Waals surface area (Å²) in [7, 11) is -3.87. The van der Waals surface area contributed by atoms with Crippen molar-refractivity contribution in [3.8, 4) is 5.75 Å². The van der Waals surface area contributed by atoms with Gasteiger partial charge in [0.2, 0.25) is 0 Å². The van der Waals surface area contributed by atoms with E-state index in [-0.39, 0.29) is 17.3 Å². The van der Waals surface area contributed by atoms with Crippen molar-refractivity contribution < 1.29 is 17.9 Å². The Hall–Kier alpha value is -3.03. The molecule has 1 N–H and O–H groups in total. The quantitative estimate of drug-likeness (QED) is 0.591. The minimum atomic E-state index is -3.87. The number of carbonyl (C=O) groups excluding carboxylic acids is 1. The Bertz CT molecular complexity index is 1210. The Morgan fingerprint density at radius 2 is 1.81 bits per heavy atom. The fourth-order valence-electron chi connectivity index (χ4n) is 3.54. The monoisotopic (exact) mass is 470 g/mol. The molecule has 8 heteroatoms. The van der Waals surface area contributed by atoms with Crippen molar-refractivity contribution in [2.75, 3.05) is 17.4 Å². The van der Waals surface area contributed by atoms with Gasteiger partial charge in [0.25, 0.3) is 15.9 Å². The number of rotatable bonds is 6. The lowest BCUT2D eigenvalue weighted by Crippen LogP contribution is -2.51. The first kappa shape index (κ1) is 22.2. The number of ether oxygens (including phenoxy) is 1. The molecule has 0 saturated carbocycles. The summed E-state index contributed by atoms with van der Waals surface area (Å²) < 4.78 is 33.9. The number of hydrogen-bond acceptors (Lipinski definition) is 4. The van der Waals surface area contributed by atoms with E-state index in [9.17, 15) is 13.2 Å². The molecule has 0 saturated heterocycles. The Morgan fingerprint density at radius 3 is 2.53 bits per heavy atom. The highest BCUT2D eigenvalue weighted by Crippen LogP contribution is 2.37. The summed E-state index contributed by atoms with van der Waals surface area (Å²) in [6.45, 7) is 2.16. The van der Waals surface area contributed by atoms with Crippen molar-refractivity contribution in [1.29, 1.82) is 0 Å². The van der Waals surface area contributed by atoms with E-state index < -0.39 is 16.1 Å². The van der Waals surface area contributed by atoms with Crippen LogP contribution in [-0.4, -0.2) is 33.5 Å². The molecule has 3 aromatic rings. The Labute approximate surface area is 192 Å². The first-order valence-corrected chi connectivity index (χ1v) is 12.0. The van der Waals surface area contributed by atoms with E-state index in [2.05, 4.69) is 5.32 Å². The number of carbonyl (C=O) groups is 1. The maximum absolute atomic E-state index is 13.4. The topological polar surface area (TPSA) is 75.7 Å². The summed E-state index contributed by atoms with van der Waals surface area (Å²) in [5.74, 6) is -0.00217. The number of hydrogen-bond donors (Lipinski definition) is 1. The molecule has 1 atom stereocenters. The number of anilines is 1. The first-order valence-electron chi connectivity index (χ1n) is 10.2. The molecule has 3 aromatic carbocycles. The molecule has 166 valence electrons. The lowest BCUT2D eigenvalue weighted by molar-refractivity contribution is -0.127. The Balaban J connectivity index is 1.54. The predicted molar refractivity (Wildman–Crippen MR) is 125 cm³/mol. The Morgan fingerprint density at radius 1 is 1.09 bits per heavy atom. The Kier molecular flexibility index (Phi) is 6.39. The fraction of sp³-hybridized carbons (Fsp3) is 0.208. The van der Waals surface area contributed by atoms with Crippen molar-refractivity contribution in [3.63, 3.8) is 0 Å². The summed E-state index contributed by atoms with van der Waals surface area (Å²) in [5, 5.41) is 3.51. The highest BCUT2D eigenvalue weighted by atomic mass is 35.5. The van der Waals surface area contributed by atoms with E-state index in [4.69, 9.17) is 16.3 Å². The van der Waals surface area contributed by atoms with Crippen molar-refractivity contribution in [3.05, 3.63) is 88.9 Å². The van der Waals surface area contributed by atoms with Crippen LogP contribution in [0.5, 0.6) is 5.75 Å². The fourth-order valence-corrected chi connectivity index (χ4v) is 5.15. The molecular formula is C24H23ClN2O4S. The number of amides is 1.